The number of hydrogen-bond acceptors (Lipinski definition) is 4. The fraction of sp³-hybridized carbons (Fsp3) is 0.778. The molecular weight excluding hydrogens is 184 g/mol. The Kier molecular flexibility index (Phi) is 9.17. The van der Waals surface area contributed by atoms with E-state index in [1.165, 1.54) is 0 Å². The van der Waals surface area contributed by atoms with E-state index in [9.17, 15) is 4.79 Å². The van der Waals surface area contributed by atoms with Crippen LogP contribution in [0.1, 0.15) is 12.8 Å². The maximum absolute atomic E-state index is 10.8. The van der Waals surface area contributed by atoms with Gasteiger partial charge in [0.25, 0.3) is 0 Å². The molecule has 0 unspecified atom stereocenters. The fourth-order valence-electron chi connectivity index (χ4n) is 0.781. The van der Waals surface area contributed by atoms with Gasteiger partial charge in [0.1, 0.15) is 6.42 Å². The molecule has 0 aromatic carbocycles. The smallest absolute Gasteiger partial charge is 0.234 e. The zero-order valence-corrected chi connectivity index (χ0v) is 8.41. The van der Waals surface area contributed by atoms with Gasteiger partial charge in [-0.2, -0.15) is 5.26 Å². The molecule has 0 fully saturated rings. The number of methoxy groups -OCH3 is 1. The summed E-state index contributed by atoms with van der Waals surface area (Å²) in [4.78, 5) is 10.8. The average Bonchev–Trinajstić information content (AvgIpc) is 2.17. The van der Waals surface area contributed by atoms with E-state index in [4.69, 9.17) is 14.7 Å². The van der Waals surface area contributed by atoms with Gasteiger partial charge in [-0.05, 0) is 6.42 Å². The summed E-state index contributed by atoms with van der Waals surface area (Å²) in [7, 11) is 1.62. The number of nitrogens with zero attached hydrogens (tertiary/aromatic N) is 1. The summed E-state index contributed by atoms with van der Waals surface area (Å²) in [6, 6.07) is 1.78. The molecule has 5 heteroatoms. The van der Waals surface area contributed by atoms with Gasteiger partial charge < -0.3 is 14.8 Å². The van der Waals surface area contributed by atoms with Crippen LogP contribution in [0.4, 0.5) is 0 Å². The van der Waals surface area contributed by atoms with Crippen LogP contribution < -0.4 is 5.32 Å². The Bertz CT molecular complexity index is 189. The molecule has 0 aromatic rings. The molecule has 0 atom stereocenters. The monoisotopic (exact) mass is 200 g/mol. The van der Waals surface area contributed by atoms with Gasteiger partial charge in [-0.1, -0.05) is 0 Å². The van der Waals surface area contributed by atoms with Crippen LogP contribution in [0.3, 0.4) is 0 Å². The molecule has 0 heterocycles. The van der Waals surface area contributed by atoms with Crippen molar-refractivity contribution in [3.8, 4) is 6.07 Å². The fourth-order valence-corrected chi connectivity index (χ4v) is 0.781. The Morgan fingerprint density at radius 1 is 1.43 bits per heavy atom. The van der Waals surface area contributed by atoms with Crippen LogP contribution in [0.25, 0.3) is 0 Å². The van der Waals surface area contributed by atoms with Gasteiger partial charge >= 0.3 is 0 Å². The molecule has 0 aromatic heterocycles. The Morgan fingerprint density at radius 2 is 2.21 bits per heavy atom. The van der Waals surface area contributed by atoms with Crippen LogP contribution >= 0.6 is 0 Å². The maximum Gasteiger partial charge on any atom is 0.234 e. The first-order valence-electron chi connectivity index (χ1n) is 4.51. The van der Waals surface area contributed by atoms with E-state index in [0.29, 0.717) is 26.4 Å². The van der Waals surface area contributed by atoms with E-state index in [0.717, 1.165) is 6.42 Å². The van der Waals surface area contributed by atoms with Crippen molar-refractivity contribution in [2.45, 2.75) is 12.8 Å². The first kappa shape index (κ1) is 12.9. The predicted octanol–water partition coefficient (Wildman–Crippen LogP) is 0.0694. The van der Waals surface area contributed by atoms with Gasteiger partial charge in [0.2, 0.25) is 5.91 Å². The molecule has 0 rings (SSSR count). The van der Waals surface area contributed by atoms with Gasteiger partial charge in [-0.3, -0.25) is 4.79 Å². The van der Waals surface area contributed by atoms with E-state index < -0.39 is 0 Å². The molecule has 0 saturated carbocycles. The molecule has 14 heavy (non-hydrogen) atoms. The molecule has 0 aliphatic heterocycles. The van der Waals surface area contributed by atoms with Gasteiger partial charge in [0.15, 0.2) is 0 Å². The third-order valence-corrected chi connectivity index (χ3v) is 1.46. The molecule has 5 nitrogen and oxygen atoms in total. The van der Waals surface area contributed by atoms with Crippen molar-refractivity contribution in [1.82, 2.24) is 5.32 Å². The SMILES string of the molecule is COCCOCCCNC(=O)CC#N. The third kappa shape index (κ3) is 8.97. The van der Waals surface area contributed by atoms with Crippen LogP contribution in [-0.4, -0.2) is 39.4 Å². The largest absolute Gasteiger partial charge is 0.382 e. The van der Waals surface area contributed by atoms with Crippen LogP contribution in [-0.2, 0) is 14.3 Å². The van der Waals surface area contributed by atoms with Gasteiger partial charge in [-0.25, -0.2) is 0 Å². The number of amides is 1. The first-order chi connectivity index (χ1) is 6.81. The molecule has 0 spiro atoms. The molecule has 80 valence electrons. The first-order valence-corrected chi connectivity index (χ1v) is 4.51. The molecule has 1 N–H and O–H groups in total. The Morgan fingerprint density at radius 3 is 2.86 bits per heavy atom. The van der Waals surface area contributed by atoms with Crippen molar-refractivity contribution in [2.75, 3.05) is 33.5 Å². The number of carbonyl (C=O) groups excluding carboxylic acids is 1. The summed E-state index contributed by atoms with van der Waals surface area (Å²) < 4.78 is 9.96. The maximum atomic E-state index is 10.8. The third-order valence-electron chi connectivity index (χ3n) is 1.46. The lowest BCUT2D eigenvalue weighted by atomic mass is 10.4. The van der Waals surface area contributed by atoms with Gasteiger partial charge in [0, 0.05) is 20.3 Å². The Hall–Kier alpha value is -1.12. The van der Waals surface area contributed by atoms with E-state index in [1.807, 2.05) is 0 Å². The Labute approximate surface area is 84.0 Å². The summed E-state index contributed by atoms with van der Waals surface area (Å²) in [5, 5.41) is 10.8. The zero-order chi connectivity index (χ0) is 10.6. The summed E-state index contributed by atoms with van der Waals surface area (Å²) in [6.07, 6.45) is 0.672. The van der Waals surface area contributed by atoms with Gasteiger partial charge in [0.05, 0.1) is 19.3 Å². The molecular formula is C9H16N2O3. The van der Waals surface area contributed by atoms with Crippen LogP contribution in [0.15, 0.2) is 0 Å². The minimum atomic E-state index is -0.232. The minimum absolute atomic E-state index is 0.0788. The standard InChI is InChI=1S/C9H16N2O3/c1-13-7-8-14-6-2-5-11-9(12)3-4-10/h2-3,5-8H2,1H3,(H,11,12). The van der Waals surface area contributed by atoms with Crippen molar-refractivity contribution in [2.24, 2.45) is 0 Å². The molecule has 0 radical (unpaired) electrons. The zero-order valence-electron chi connectivity index (χ0n) is 8.41. The quantitative estimate of drug-likeness (QED) is 0.563. The highest BCUT2D eigenvalue weighted by atomic mass is 16.5. The number of rotatable bonds is 8. The van der Waals surface area contributed by atoms with Gasteiger partial charge in [-0.15, -0.1) is 0 Å². The lowest BCUT2D eigenvalue weighted by Crippen LogP contribution is -2.24. The van der Waals surface area contributed by atoms with Crippen molar-refractivity contribution < 1.29 is 14.3 Å². The van der Waals surface area contributed by atoms with Crippen LogP contribution in [0, 0.1) is 11.3 Å². The predicted molar refractivity (Wildman–Crippen MR) is 50.6 cm³/mol. The lowest BCUT2D eigenvalue weighted by molar-refractivity contribution is -0.120. The highest BCUT2D eigenvalue weighted by molar-refractivity contribution is 5.77. The van der Waals surface area contributed by atoms with Crippen molar-refractivity contribution >= 4 is 5.91 Å². The number of hydrogen-bond donors (Lipinski definition) is 1. The van der Waals surface area contributed by atoms with Crippen molar-refractivity contribution in [1.29, 1.82) is 5.26 Å². The second-order valence-electron chi connectivity index (χ2n) is 2.64. The van der Waals surface area contributed by atoms with Crippen LogP contribution in [0.5, 0.6) is 0 Å². The minimum Gasteiger partial charge on any atom is -0.382 e. The summed E-state index contributed by atoms with van der Waals surface area (Å²) in [6.45, 7) is 2.30. The lowest BCUT2D eigenvalue weighted by Gasteiger charge is -2.04. The molecule has 0 aliphatic rings. The number of ether oxygens (including phenoxy) is 2. The molecule has 0 aliphatic carbocycles. The van der Waals surface area contributed by atoms with E-state index in [-0.39, 0.29) is 12.3 Å². The summed E-state index contributed by atoms with van der Waals surface area (Å²) >= 11 is 0. The Balaban J connectivity index is 3.06. The molecule has 0 saturated heterocycles. The summed E-state index contributed by atoms with van der Waals surface area (Å²) in [5.41, 5.74) is 0. The number of nitriles is 1. The van der Waals surface area contributed by atoms with E-state index in [1.54, 1.807) is 13.2 Å². The van der Waals surface area contributed by atoms with Crippen LogP contribution in [0.2, 0.25) is 0 Å². The number of nitrogens with one attached hydrogen (secondary N) is 1. The van der Waals surface area contributed by atoms with E-state index in [2.05, 4.69) is 5.32 Å². The molecule has 1 amide bonds. The van der Waals surface area contributed by atoms with Crippen molar-refractivity contribution in [3.05, 3.63) is 0 Å². The van der Waals surface area contributed by atoms with Crippen molar-refractivity contribution in [3.63, 3.8) is 0 Å². The average molecular weight is 200 g/mol. The normalized spacial score (nSPS) is 9.43. The highest BCUT2D eigenvalue weighted by Gasteiger charge is 1.97. The second kappa shape index (κ2) is 9.96. The topological polar surface area (TPSA) is 71.3 Å². The molecule has 0 bridgehead atoms. The second-order valence-corrected chi connectivity index (χ2v) is 2.64. The summed E-state index contributed by atoms with van der Waals surface area (Å²) in [5.74, 6) is -0.232. The van der Waals surface area contributed by atoms with E-state index >= 15 is 0 Å². The highest BCUT2D eigenvalue weighted by Crippen LogP contribution is 1.82. The number of carbonyl (C=O) groups is 1.